The molecule has 0 fully saturated rings. The van der Waals surface area contributed by atoms with E-state index in [-0.39, 0.29) is 12.8 Å². The quantitative estimate of drug-likeness (QED) is 0.647. The van der Waals surface area contributed by atoms with Gasteiger partial charge in [0.2, 0.25) is 0 Å². The van der Waals surface area contributed by atoms with Crippen LogP contribution in [0.2, 0.25) is 0 Å². The molecule has 0 aliphatic heterocycles. The van der Waals surface area contributed by atoms with Crippen LogP contribution in [0.15, 0.2) is 24.3 Å². The second-order valence-electron chi connectivity index (χ2n) is 3.85. The van der Waals surface area contributed by atoms with Crippen LogP contribution in [-0.4, -0.2) is 18.5 Å². The van der Waals surface area contributed by atoms with E-state index in [1.165, 1.54) is 0 Å². The summed E-state index contributed by atoms with van der Waals surface area (Å²) >= 11 is 0. The predicted molar refractivity (Wildman–Crippen MR) is 59.6 cm³/mol. The Balaban J connectivity index is 2.83. The molecular formula is C13H14O5-2. The lowest BCUT2D eigenvalue weighted by Crippen LogP contribution is -2.29. The molecule has 5 nitrogen and oxygen atoms in total. The third kappa shape index (κ3) is 4.45. The van der Waals surface area contributed by atoms with Gasteiger partial charge in [-0.05, 0) is 43.4 Å². The lowest BCUT2D eigenvalue weighted by Gasteiger charge is -2.18. The molecule has 0 aliphatic rings. The van der Waals surface area contributed by atoms with Crippen molar-refractivity contribution in [1.29, 1.82) is 0 Å². The number of hydrogen-bond acceptors (Lipinski definition) is 5. The Hall–Kier alpha value is -2.04. The summed E-state index contributed by atoms with van der Waals surface area (Å²) in [6, 6.07) is 6.66. The molecule has 0 bridgehead atoms. The van der Waals surface area contributed by atoms with Crippen LogP contribution < -0.4 is 14.9 Å². The molecule has 1 aromatic carbocycles. The first-order valence-corrected chi connectivity index (χ1v) is 5.65. The monoisotopic (exact) mass is 250 g/mol. The topological polar surface area (TPSA) is 89.5 Å². The third-order valence-corrected chi connectivity index (χ3v) is 2.49. The molecule has 0 N–H and O–H groups in total. The Morgan fingerprint density at radius 3 is 2.00 bits per heavy atom. The summed E-state index contributed by atoms with van der Waals surface area (Å²) in [5.41, 5.74) is 0.617. The van der Waals surface area contributed by atoms with Gasteiger partial charge in [-0.1, -0.05) is 12.1 Å². The zero-order valence-electron chi connectivity index (χ0n) is 10.0. The van der Waals surface area contributed by atoms with E-state index in [1.807, 2.05) is 6.92 Å². The van der Waals surface area contributed by atoms with Crippen LogP contribution in [0, 0.1) is 0 Å². The highest BCUT2D eigenvalue weighted by molar-refractivity contribution is 5.70. The highest BCUT2D eigenvalue weighted by atomic mass is 16.5. The number of hydrogen-bond donors (Lipinski definition) is 0. The first-order valence-electron chi connectivity index (χ1n) is 5.65. The van der Waals surface area contributed by atoms with Crippen LogP contribution in [0.5, 0.6) is 5.75 Å². The Morgan fingerprint density at radius 1 is 1.11 bits per heavy atom. The molecule has 0 radical (unpaired) electrons. The normalized spacial score (nSPS) is 10.3. The van der Waals surface area contributed by atoms with E-state index >= 15 is 0 Å². The van der Waals surface area contributed by atoms with E-state index in [0.29, 0.717) is 17.9 Å². The molecule has 0 unspecified atom stereocenters. The van der Waals surface area contributed by atoms with Gasteiger partial charge in [-0.2, -0.15) is 0 Å². The van der Waals surface area contributed by atoms with Crippen molar-refractivity contribution >= 4 is 11.9 Å². The predicted octanol–water partition coefficient (Wildman–Crippen LogP) is -0.551. The fourth-order valence-corrected chi connectivity index (χ4v) is 1.71. The van der Waals surface area contributed by atoms with Crippen LogP contribution in [-0.2, 0) is 9.59 Å². The first kappa shape index (κ1) is 14.0. The molecule has 0 heterocycles. The molecule has 0 amide bonds. The molecule has 1 rings (SSSR count). The van der Waals surface area contributed by atoms with Gasteiger partial charge in [0.25, 0.3) is 0 Å². The molecule has 0 atom stereocenters. The Labute approximate surface area is 105 Å². The summed E-state index contributed by atoms with van der Waals surface area (Å²) in [4.78, 5) is 21.2. The van der Waals surface area contributed by atoms with Gasteiger partial charge < -0.3 is 24.5 Å². The van der Waals surface area contributed by atoms with Gasteiger partial charge in [-0.25, -0.2) is 0 Å². The van der Waals surface area contributed by atoms with E-state index in [0.717, 1.165) is 0 Å². The van der Waals surface area contributed by atoms with Crippen molar-refractivity contribution in [2.24, 2.45) is 0 Å². The molecular weight excluding hydrogens is 236 g/mol. The Morgan fingerprint density at radius 2 is 1.61 bits per heavy atom. The van der Waals surface area contributed by atoms with E-state index in [9.17, 15) is 19.8 Å². The van der Waals surface area contributed by atoms with Crippen molar-refractivity contribution in [2.75, 3.05) is 6.61 Å². The number of carboxylic acid groups (broad SMARTS) is 2. The highest BCUT2D eigenvalue weighted by Crippen LogP contribution is 2.25. The van der Waals surface area contributed by atoms with Crippen molar-refractivity contribution in [3.63, 3.8) is 0 Å². The summed E-state index contributed by atoms with van der Waals surface area (Å²) < 4.78 is 5.25. The Kier molecular flexibility index (Phi) is 5.17. The summed E-state index contributed by atoms with van der Waals surface area (Å²) in [5.74, 6) is -2.55. The van der Waals surface area contributed by atoms with Gasteiger partial charge in [0, 0.05) is 11.9 Å². The summed E-state index contributed by atoms with van der Waals surface area (Å²) in [6.45, 7) is 2.38. The van der Waals surface area contributed by atoms with Gasteiger partial charge >= 0.3 is 0 Å². The lowest BCUT2D eigenvalue weighted by molar-refractivity contribution is -0.308. The average molecular weight is 250 g/mol. The smallest absolute Gasteiger partial charge is 0.119 e. The maximum absolute atomic E-state index is 10.6. The van der Waals surface area contributed by atoms with Crippen LogP contribution in [0.3, 0.4) is 0 Å². The molecule has 0 saturated carbocycles. The van der Waals surface area contributed by atoms with Crippen molar-refractivity contribution < 1.29 is 24.5 Å². The van der Waals surface area contributed by atoms with Crippen LogP contribution in [0.1, 0.15) is 31.2 Å². The van der Waals surface area contributed by atoms with E-state index in [2.05, 4.69) is 0 Å². The van der Waals surface area contributed by atoms with Crippen molar-refractivity contribution in [1.82, 2.24) is 0 Å². The lowest BCUT2D eigenvalue weighted by atomic mass is 9.92. The SMILES string of the molecule is CCOc1ccc(C(CC(=O)[O-])CC(=O)[O-])cc1. The van der Waals surface area contributed by atoms with E-state index in [4.69, 9.17) is 4.74 Å². The van der Waals surface area contributed by atoms with Crippen molar-refractivity contribution in [3.05, 3.63) is 29.8 Å². The summed E-state index contributed by atoms with van der Waals surface area (Å²) in [6.07, 6.45) is -0.691. The fraction of sp³-hybridized carbons (Fsp3) is 0.385. The number of carbonyl (C=O) groups excluding carboxylic acids is 2. The fourth-order valence-electron chi connectivity index (χ4n) is 1.71. The second kappa shape index (κ2) is 6.64. The molecule has 0 spiro atoms. The minimum atomic E-state index is -1.28. The standard InChI is InChI=1S/C13H16O5/c1-2-18-11-5-3-9(4-6-11)10(7-12(14)15)8-13(16)17/h3-6,10H,2,7-8H2,1H3,(H,14,15)(H,16,17)/p-2. The number of aliphatic carboxylic acids is 2. The minimum Gasteiger partial charge on any atom is -0.550 e. The molecule has 0 aromatic heterocycles. The molecule has 5 heteroatoms. The van der Waals surface area contributed by atoms with Crippen LogP contribution >= 0.6 is 0 Å². The van der Waals surface area contributed by atoms with Gasteiger partial charge in [-0.15, -0.1) is 0 Å². The number of rotatable bonds is 7. The second-order valence-corrected chi connectivity index (χ2v) is 3.85. The molecule has 98 valence electrons. The molecule has 0 saturated heterocycles. The van der Waals surface area contributed by atoms with Gasteiger partial charge in [0.1, 0.15) is 5.75 Å². The highest BCUT2D eigenvalue weighted by Gasteiger charge is 2.12. The zero-order valence-corrected chi connectivity index (χ0v) is 10.0. The van der Waals surface area contributed by atoms with Crippen molar-refractivity contribution in [2.45, 2.75) is 25.7 Å². The molecule has 18 heavy (non-hydrogen) atoms. The zero-order chi connectivity index (χ0) is 13.5. The maximum Gasteiger partial charge on any atom is 0.119 e. The first-order chi connectivity index (χ1) is 8.52. The van der Waals surface area contributed by atoms with E-state index < -0.39 is 17.9 Å². The number of ether oxygens (including phenoxy) is 1. The number of carboxylic acids is 2. The summed E-state index contributed by atoms with van der Waals surface area (Å²) in [5, 5.41) is 21.2. The maximum atomic E-state index is 10.6. The van der Waals surface area contributed by atoms with Crippen molar-refractivity contribution in [3.8, 4) is 5.75 Å². The molecule has 1 aromatic rings. The Bertz CT molecular complexity index is 394. The average Bonchev–Trinajstić information content (AvgIpc) is 2.28. The van der Waals surface area contributed by atoms with Crippen LogP contribution in [0.25, 0.3) is 0 Å². The minimum absolute atomic E-state index is 0.345. The van der Waals surface area contributed by atoms with Gasteiger partial charge in [0.15, 0.2) is 0 Å². The van der Waals surface area contributed by atoms with Gasteiger partial charge in [0.05, 0.1) is 6.61 Å². The largest absolute Gasteiger partial charge is 0.550 e. The summed E-state index contributed by atoms with van der Waals surface area (Å²) in [7, 11) is 0. The third-order valence-electron chi connectivity index (χ3n) is 2.49. The van der Waals surface area contributed by atoms with E-state index in [1.54, 1.807) is 24.3 Å². The number of carbonyl (C=O) groups is 2. The van der Waals surface area contributed by atoms with Crippen LogP contribution in [0.4, 0.5) is 0 Å². The number of benzene rings is 1. The molecule has 0 aliphatic carbocycles. The van der Waals surface area contributed by atoms with Gasteiger partial charge in [-0.3, -0.25) is 0 Å².